The minimum atomic E-state index is -0.871. The number of benzene rings is 1. The summed E-state index contributed by atoms with van der Waals surface area (Å²) in [5, 5.41) is 10.8. The van der Waals surface area contributed by atoms with Gasteiger partial charge in [-0.25, -0.2) is 4.79 Å². The van der Waals surface area contributed by atoms with Crippen molar-refractivity contribution < 1.29 is 9.72 Å². The lowest BCUT2D eigenvalue weighted by molar-refractivity contribution is -0.405. The lowest BCUT2D eigenvalue weighted by Gasteiger charge is -2.17. The van der Waals surface area contributed by atoms with Gasteiger partial charge in [0.15, 0.2) is 0 Å². The zero-order chi connectivity index (χ0) is 13.1. The molecule has 1 unspecified atom stereocenters. The van der Waals surface area contributed by atoms with Gasteiger partial charge >= 0.3 is 5.91 Å². The Morgan fingerprint density at radius 2 is 1.83 bits per heavy atom. The third-order valence-corrected chi connectivity index (χ3v) is 4.08. The molecule has 0 heterocycles. The highest BCUT2D eigenvalue weighted by Gasteiger charge is 2.38. The van der Waals surface area contributed by atoms with Crippen molar-refractivity contribution in [2.24, 2.45) is 5.92 Å². The standard InChI is InChI=1S/C13H14BrNO3/c14-11-7-5-10(6-8-11)12(13(16)15(17)18)9-3-1-2-4-9/h5-9,12H,1-4H2. The molecule has 0 spiro atoms. The summed E-state index contributed by atoms with van der Waals surface area (Å²) in [4.78, 5) is 21.8. The lowest BCUT2D eigenvalue weighted by atomic mass is 9.84. The van der Waals surface area contributed by atoms with Crippen LogP contribution in [0.5, 0.6) is 0 Å². The van der Waals surface area contributed by atoms with Gasteiger partial charge in [-0.15, -0.1) is 0 Å². The average Bonchev–Trinajstić information content (AvgIpc) is 2.85. The van der Waals surface area contributed by atoms with E-state index in [2.05, 4.69) is 15.9 Å². The Bertz CT molecular complexity index is 452. The molecule has 18 heavy (non-hydrogen) atoms. The fraction of sp³-hybridized carbons (Fsp3) is 0.462. The summed E-state index contributed by atoms with van der Waals surface area (Å²) in [6.07, 6.45) is 3.92. The van der Waals surface area contributed by atoms with E-state index in [4.69, 9.17) is 0 Å². The van der Waals surface area contributed by atoms with E-state index < -0.39 is 16.7 Å². The molecule has 1 amide bonds. The molecule has 1 saturated carbocycles. The predicted molar refractivity (Wildman–Crippen MR) is 70.8 cm³/mol. The normalized spacial score (nSPS) is 17.6. The monoisotopic (exact) mass is 311 g/mol. The number of hydrogen-bond donors (Lipinski definition) is 0. The van der Waals surface area contributed by atoms with Crippen molar-refractivity contribution in [3.05, 3.63) is 44.4 Å². The van der Waals surface area contributed by atoms with Crippen LogP contribution in [0.25, 0.3) is 0 Å². The van der Waals surface area contributed by atoms with E-state index in [1.807, 2.05) is 12.1 Å². The van der Waals surface area contributed by atoms with Gasteiger partial charge in [0.05, 0.1) is 0 Å². The molecule has 0 radical (unpaired) electrons. The number of halogens is 1. The molecule has 5 heteroatoms. The molecule has 1 aliphatic carbocycles. The quantitative estimate of drug-likeness (QED) is 0.633. The Morgan fingerprint density at radius 3 is 2.33 bits per heavy atom. The second-order valence-corrected chi connectivity index (χ2v) is 5.58. The third-order valence-electron chi connectivity index (χ3n) is 3.55. The van der Waals surface area contributed by atoms with E-state index in [1.54, 1.807) is 12.1 Å². The van der Waals surface area contributed by atoms with Crippen LogP contribution in [0.15, 0.2) is 28.7 Å². The summed E-state index contributed by atoms with van der Waals surface area (Å²) in [7, 11) is 0. The zero-order valence-corrected chi connectivity index (χ0v) is 11.4. The van der Waals surface area contributed by atoms with E-state index in [1.165, 1.54) is 0 Å². The maximum absolute atomic E-state index is 11.8. The summed E-state index contributed by atoms with van der Waals surface area (Å²) in [6, 6.07) is 7.25. The molecule has 1 aliphatic rings. The van der Waals surface area contributed by atoms with Crippen LogP contribution in [0.2, 0.25) is 0 Å². The molecule has 0 N–H and O–H groups in total. The molecular formula is C13H14BrNO3. The number of rotatable bonds is 3. The topological polar surface area (TPSA) is 60.2 Å². The van der Waals surface area contributed by atoms with Gasteiger partial charge in [-0.2, -0.15) is 0 Å². The first-order valence-electron chi connectivity index (χ1n) is 6.03. The molecule has 96 valence electrons. The summed E-state index contributed by atoms with van der Waals surface area (Å²) in [6.45, 7) is 0. The zero-order valence-electron chi connectivity index (χ0n) is 9.84. The molecule has 0 aromatic heterocycles. The summed E-state index contributed by atoms with van der Waals surface area (Å²) >= 11 is 3.33. The van der Waals surface area contributed by atoms with Gasteiger partial charge in [-0.1, -0.05) is 40.9 Å². The van der Waals surface area contributed by atoms with Gasteiger partial charge in [0.25, 0.3) is 0 Å². The first-order chi connectivity index (χ1) is 8.59. The van der Waals surface area contributed by atoms with Crippen molar-refractivity contribution >= 4 is 21.8 Å². The third kappa shape index (κ3) is 2.77. The van der Waals surface area contributed by atoms with Gasteiger partial charge in [0.1, 0.15) is 10.8 Å². The Morgan fingerprint density at radius 1 is 1.28 bits per heavy atom. The molecule has 1 fully saturated rings. The molecule has 1 aromatic carbocycles. The van der Waals surface area contributed by atoms with Crippen molar-refractivity contribution in [3.63, 3.8) is 0 Å². The molecule has 1 aromatic rings. The summed E-state index contributed by atoms with van der Waals surface area (Å²) < 4.78 is 0.907. The van der Waals surface area contributed by atoms with E-state index in [-0.39, 0.29) is 5.92 Å². The summed E-state index contributed by atoms with van der Waals surface area (Å²) in [5.74, 6) is -1.34. The van der Waals surface area contributed by atoms with E-state index in [9.17, 15) is 14.9 Å². The Hall–Kier alpha value is -1.23. The predicted octanol–water partition coefficient (Wildman–Crippen LogP) is 3.53. The van der Waals surface area contributed by atoms with Crippen LogP contribution in [0.1, 0.15) is 37.2 Å². The number of amides is 1. The molecular weight excluding hydrogens is 298 g/mol. The SMILES string of the molecule is O=C(C(c1ccc(Br)cc1)C1CCCC1)[N+](=O)[O-]. The fourth-order valence-electron chi connectivity index (χ4n) is 2.69. The molecule has 0 bridgehead atoms. The first-order valence-corrected chi connectivity index (χ1v) is 6.82. The van der Waals surface area contributed by atoms with Crippen LogP contribution in [-0.4, -0.2) is 10.8 Å². The van der Waals surface area contributed by atoms with Crippen LogP contribution in [0, 0.1) is 16.0 Å². The van der Waals surface area contributed by atoms with Crippen molar-refractivity contribution in [1.29, 1.82) is 0 Å². The molecule has 0 saturated heterocycles. The van der Waals surface area contributed by atoms with Crippen molar-refractivity contribution in [3.8, 4) is 0 Å². The second-order valence-electron chi connectivity index (χ2n) is 4.67. The largest absolute Gasteiger partial charge is 0.452 e. The highest BCUT2D eigenvalue weighted by atomic mass is 79.9. The second kappa shape index (κ2) is 5.61. The average molecular weight is 312 g/mol. The van der Waals surface area contributed by atoms with Crippen LogP contribution >= 0.6 is 15.9 Å². The van der Waals surface area contributed by atoms with Gasteiger partial charge in [-0.05, 0) is 36.5 Å². The lowest BCUT2D eigenvalue weighted by Crippen LogP contribution is -2.26. The van der Waals surface area contributed by atoms with Gasteiger partial charge in [0, 0.05) is 4.47 Å². The van der Waals surface area contributed by atoms with Crippen LogP contribution < -0.4 is 0 Å². The maximum atomic E-state index is 11.8. The minimum Gasteiger partial charge on any atom is -0.256 e. The van der Waals surface area contributed by atoms with Gasteiger partial charge in [0.2, 0.25) is 0 Å². The Kier molecular flexibility index (Phi) is 4.11. The number of nitrogens with zero attached hydrogens (tertiary/aromatic N) is 1. The smallest absolute Gasteiger partial charge is 0.256 e. The fourth-order valence-corrected chi connectivity index (χ4v) is 2.96. The van der Waals surface area contributed by atoms with Crippen LogP contribution in [0.3, 0.4) is 0 Å². The van der Waals surface area contributed by atoms with E-state index in [0.717, 1.165) is 35.7 Å². The molecule has 2 rings (SSSR count). The number of nitro groups is 1. The minimum absolute atomic E-state index is 0.115. The Balaban J connectivity index is 2.31. The maximum Gasteiger partial charge on any atom is 0.452 e. The van der Waals surface area contributed by atoms with Gasteiger partial charge < -0.3 is 0 Å². The number of carbonyl (C=O) groups is 1. The number of hydrogen-bond acceptors (Lipinski definition) is 3. The van der Waals surface area contributed by atoms with E-state index >= 15 is 0 Å². The highest BCUT2D eigenvalue weighted by molar-refractivity contribution is 9.10. The number of carbonyl (C=O) groups excluding carboxylic acids is 1. The molecule has 0 aliphatic heterocycles. The molecule has 4 nitrogen and oxygen atoms in total. The van der Waals surface area contributed by atoms with Crippen molar-refractivity contribution in [1.82, 2.24) is 0 Å². The first kappa shape index (κ1) is 13.2. The Labute approximate surface area is 114 Å². The van der Waals surface area contributed by atoms with Crippen molar-refractivity contribution in [2.75, 3.05) is 0 Å². The van der Waals surface area contributed by atoms with E-state index in [0.29, 0.717) is 0 Å². The highest BCUT2D eigenvalue weighted by Crippen LogP contribution is 2.38. The van der Waals surface area contributed by atoms with Gasteiger partial charge in [-0.3, -0.25) is 10.1 Å². The van der Waals surface area contributed by atoms with Crippen LogP contribution in [0.4, 0.5) is 0 Å². The molecule has 1 atom stereocenters. The van der Waals surface area contributed by atoms with Crippen LogP contribution in [-0.2, 0) is 4.79 Å². The summed E-state index contributed by atoms with van der Waals surface area (Å²) in [5.41, 5.74) is 0.756. The van der Waals surface area contributed by atoms with Crippen molar-refractivity contribution in [2.45, 2.75) is 31.6 Å².